The Balaban J connectivity index is 3.28. The summed E-state index contributed by atoms with van der Waals surface area (Å²) in [5, 5.41) is 10.4. The van der Waals surface area contributed by atoms with E-state index >= 15 is 0 Å². The van der Waals surface area contributed by atoms with E-state index in [9.17, 15) is 23.3 Å². The van der Waals surface area contributed by atoms with Crippen LogP contribution in [0.25, 0.3) is 0 Å². The van der Waals surface area contributed by atoms with Crippen molar-refractivity contribution in [2.24, 2.45) is 0 Å². The van der Waals surface area contributed by atoms with Crippen molar-refractivity contribution in [3.8, 4) is 0 Å². The molecular weight excluding hydrogens is 233 g/mol. The van der Waals surface area contributed by atoms with E-state index in [-0.39, 0.29) is 5.03 Å². The average Bonchev–Trinajstić information content (AvgIpc) is 2.15. The molecule has 8 heteroatoms. The molecule has 0 aliphatic carbocycles. The van der Waals surface area contributed by atoms with Gasteiger partial charge in [-0.3, -0.25) is 10.1 Å². The summed E-state index contributed by atoms with van der Waals surface area (Å²) in [6, 6.07) is 0.485. The Morgan fingerprint density at radius 2 is 2.13 bits per heavy atom. The molecule has 4 nitrogen and oxygen atoms in total. The standard InChI is InChI=1S/C7H5F3N2O2S/c1-15-6-5(12(13)14)2-4(3-11-6)7(8,9)10/h2-3H,1H3. The zero-order valence-electron chi connectivity index (χ0n) is 7.41. The molecule has 0 spiro atoms. The Kier molecular flexibility index (Phi) is 3.18. The second-order valence-electron chi connectivity index (χ2n) is 2.51. The molecular formula is C7H5F3N2O2S. The van der Waals surface area contributed by atoms with Gasteiger partial charge in [0.05, 0.1) is 10.5 Å². The minimum atomic E-state index is -4.62. The fraction of sp³-hybridized carbons (Fsp3) is 0.286. The van der Waals surface area contributed by atoms with Crippen LogP contribution in [0.3, 0.4) is 0 Å². The Morgan fingerprint density at radius 1 is 1.53 bits per heavy atom. The largest absolute Gasteiger partial charge is 0.418 e. The second-order valence-corrected chi connectivity index (χ2v) is 3.30. The van der Waals surface area contributed by atoms with Crippen LogP contribution in [-0.2, 0) is 6.18 Å². The van der Waals surface area contributed by atoms with Crippen LogP contribution in [0.2, 0.25) is 0 Å². The Labute approximate surface area is 86.7 Å². The minimum absolute atomic E-state index is 0.0343. The van der Waals surface area contributed by atoms with Crippen molar-refractivity contribution in [1.29, 1.82) is 0 Å². The Bertz CT molecular complexity index is 394. The summed E-state index contributed by atoms with van der Waals surface area (Å²) in [4.78, 5) is 12.9. The van der Waals surface area contributed by atoms with E-state index in [2.05, 4.69) is 4.98 Å². The molecule has 82 valence electrons. The van der Waals surface area contributed by atoms with Gasteiger partial charge in [-0.2, -0.15) is 13.2 Å². The summed E-state index contributed by atoms with van der Waals surface area (Å²) < 4.78 is 36.6. The number of rotatable bonds is 2. The number of nitro groups is 1. The van der Waals surface area contributed by atoms with E-state index in [1.807, 2.05) is 0 Å². The smallest absolute Gasteiger partial charge is 0.258 e. The zero-order chi connectivity index (χ0) is 11.6. The number of hydrogen-bond acceptors (Lipinski definition) is 4. The molecule has 1 heterocycles. The number of thioether (sulfide) groups is 1. The van der Waals surface area contributed by atoms with E-state index in [1.54, 1.807) is 0 Å². The van der Waals surface area contributed by atoms with Crippen molar-refractivity contribution in [1.82, 2.24) is 4.98 Å². The van der Waals surface area contributed by atoms with Gasteiger partial charge in [0.1, 0.15) is 0 Å². The number of halogens is 3. The molecule has 1 rings (SSSR count). The van der Waals surface area contributed by atoms with E-state index < -0.39 is 22.4 Å². The molecule has 0 saturated carbocycles. The fourth-order valence-corrected chi connectivity index (χ4v) is 1.38. The van der Waals surface area contributed by atoms with Gasteiger partial charge in [0, 0.05) is 12.3 Å². The van der Waals surface area contributed by atoms with Crippen molar-refractivity contribution in [2.45, 2.75) is 11.2 Å². The summed E-state index contributed by atoms with van der Waals surface area (Å²) in [6.07, 6.45) is -2.53. The predicted octanol–water partition coefficient (Wildman–Crippen LogP) is 2.73. The molecule has 0 aliphatic heterocycles. The Hall–Kier alpha value is -1.31. The molecule has 0 aromatic carbocycles. The van der Waals surface area contributed by atoms with Gasteiger partial charge in [0.2, 0.25) is 0 Å². The third-order valence-corrected chi connectivity index (χ3v) is 2.25. The van der Waals surface area contributed by atoms with Gasteiger partial charge < -0.3 is 0 Å². The van der Waals surface area contributed by atoms with Gasteiger partial charge in [0.15, 0.2) is 5.03 Å². The molecule has 0 amide bonds. The molecule has 0 N–H and O–H groups in total. The summed E-state index contributed by atoms with van der Waals surface area (Å²) >= 11 is 0.923. The number of alkyl halides is 3. The first-order chi connectivity index (χ1) is 6.86. The first kappa shape index (κ1) is 11.8. The predicted molar refractivity (Wildman–Crippen MR) is 47.7 cm³/mol. The molecule has 1 aromatic heterocycles. The lowest BCUT2D eigenvalue weighted by molar-refractivity contribution is -0.388. The highest BCUT2D eigenvalue weighted by Gasteiger charge is 2.33. The number of nitrogens with zero attached hydrogens (tertiary/aromatic N) is 2. The van der Waals surface area contributed by atoms with Crippen LogP contribution in [0.5, 0.6) is 0 Å². The number of hydrogen-bond donors (Lipinski definition) is 0. The van der Waals surface area contributed by atoms with E-state index in [4.69, 9.17) is 0 Å². The van der Waals surface area contributed by atoms with Gasteiger partial charge in [-0.05, 0) is 6.26 Å². The van der Waals surface area contributed by atoms with E-state index in [0.717, 1.165) is 11.8 Å². The quantitative estimate of drug-likeness (QED) is 0.451. The number of aromatic nitrogens is 1. The van der Waals surface area contributed by atoms with Crippen LogP contribution in [-0.4, -0.2) is 16.2 Å². The normalized spacial score (nSPS) is 11.5. The molecule has 0 fully saturated rings. The van der Waals surface area contributed by atoms with Crippen LogP contribution < -0.4 is 0 Å². The molecule has 1 aromatic rings. The van der Waals surface area contributed by atoms with Crippen molar-refractivity contribution in [2.75, 3.05) is 6.26 Å². The van der Waals surface area contributed by atoms with Gasteiger partial charge in [0.25, 0.3) is 0 Å². The van der Waals surface area contributed by atoms with Crippen LogP contribution in [0.1, 0.15) is 5.56 Å². The summed E-state index contributed by atoms with van der Waals surface area (Å²) in [7, 11) is 0. The van der Waals surface area contributed by atoms with Crippen molar-refractivity contribution < 1.29 is 18.1 Å². The second kappa shape index (κ2) is 4.05. The highest BCUT2D eigenvalue weighted by Crippen LogP contribution is 2.34. The highest BCUT2D eigenvalue weighted by molar-refractivity contribution is 7.98. The molecule has 0 aliphatic rings. The average molecular weight is 238 g/mol. The molecule has 0 radical (unpaired) electrons. The first-order valence-corrected chi connectivity index (χ1v) is 4.84. The van der Waals surface area contributed by atoms with Gasteiger partial charge in [-0.15, -0.1) is 11.8 Å². The van der Waals surface area contributed by atoms with Crippen molar-refractivity contribution in [3.63, 3.8) is 0 Å². The SMILES string of the molecule is CSc1ncc(C(F)(F)F)cc1[N+](=O)[O-]. The third-order valence-electron chi connectivity index (χ3n) is 1.55. The molecule has 0 bridgehead atoms. The highest BCUT2D eigenvalue weighted by atomic mass is 32.2. The zero-order valence-corrected chi connectivity index (χ0v) is 8.22. The van der Waals surface area contributed by atoms with Crippen molar-refractivity contribution >= 4 is 17.4 Å². The first-order valence-electron chi connectivity index (χ1n) is 3.62. The maximum absolute atomic E-state index is 12.2. The maximum atomic E-state index is 12.2. The van der Waals surface area contributed by atoms with Crippen LogP contribution >= 0.6 is 11.8 Å². The lowest BCUT2D eigenvalue weighted by atomic mass is 10.2. The van der Waals surface area contributed by atoms with Gasteiger partial charge in [-0.25, -0.2) is 4.98 Å². The lowest BCUT2D eigenvalue weighted by Gasteiger charge is -2.06. The lowest BCUT2D eigenvalue weighted by Crippen LogP contribution is -2.07. The van der Waals surface area contributed by atoms with Gasteiger partial charge >= 0.3 is 11.9 Å². The van der Waals surface area contributed by atoms with E-state index in [1.165, 1.54) is 6.26 Å². The summed E-state index contributed by atoms with van der Waals surface area (Å²) in [6.45, 7) is 0. The third kappa shape index (κ3) is 2.58. The fourth-order valence-electron chi connectivity index (χ4n) is 0.884. The summed E-state index contributed by atoms with van der Waals surface area (Å²) in [5.74, 6) is 0. The maximum Gasteiger partial charge on any atom is 0.418 e. The van der Waals surface area contributed by atoms with E-state index in [0.29, 0.717) is 12.3 Å². The molecule has 0 unspecified atom stereocenters. The topological polar surface area (TPSA) is 56.0 Å². The Morgan fingerprint density at radius 3 is 2.53 bits per heavy atom. The van der Waals surface area contributed by atoms with Crippen molar-refractivity contribution in [3.05, 3.63) is 27.9 Å². The monoisotopic (exact) mass is 238 g/mol. The minimum Gasteiger partial charge on any atom is -0.258 e. The molecule has 0 atom stereocenters. The van der Waals surface area contributed by atoms with Gasteiger partial charge in [-0.1, -0.05) is 0 Å². The number of pyridine rings is 1. The molecule has 15 heavy (non-hydrogen) atoms. The van der Waals surface area contributed by atoms with Crippen LogP contribution in [0, 0.1) is 10.1 Å². The molecule has 0 saturated heterocycles. The van der Waals surface area contributed by atoms with Crippen LogP contribution in [0.15, 0.2) is 17.3 Å². The van der Waals surface area contributed by atoms with Crippen LogP contribution in [0.4, 0.5) is 18.9 Å². The summed E-state index contributed by atoms with van der Waals surface area (Å²) in [5.41, 5.74) is -1.75.